The van der Waals surface area contributed by atoms with E-state index in [4.69, 9.17) is 9.47 Å². The molecule has 0 aliphatic rings. The fraction of sp³-hybridized carbons (Fsp3) is 0.429. The molecule has 0 aromatic heterocycles. The van der Waals surface area contributed by atoms with Crippen LogP contribution >= 0.6 is 0 Å². The Labute approximate surface area is 117 Å². The number of esters is 2. The van der Waals surface area contributed by atoms with Crippen molar-refractivity contribution in [2.24, 2.45) is 0 Å². The topological polar surface area (TPSA) is 71.1 Å². The fourth-order valence-electron chi connectivity index (χ4n) is 1.38. The minimum atomic E-state index is -0.339. The van der Waals surface area contributed by atoms with Gasteiger partial charge in [-0.25, -0.2) is 0 Å². The molecule has 0 aliphatic carbocycles. The van der Waals surface area contributed by atoms with Crippen LogP contribution in [0.5, 0.6) is 11.5 Å². The zero-order chi connectivity index (χ0) is 14.8. The number of carbonyl (C=O) groups excluding carboxylic acids is 2. The highest BCUT2D eigenvalue weighted by atomic mass is 16.5. The van der Waals surface area contributed by atoms with E-state index < -0.39 is 0 Å². The first-order chi connectivity index (χ1) is 9.67. The Hall–Kier alpha value is -2.24. The summed E-state index contributed by atoms with van der Waals surface area (Å²) in [6.07, 6.45) is 0.319. The van der Waals surface area contributed by atoms with Crippen LogP contribution < -0.4 is 9.47 Å². The van der Waals surface area contributed by atoms with Crippen molar-refractivity contribution in [1.82, 2.24) is 0 Å². The van der Waals surface area contributed by atoms with Gasteiger partial charge in [0.1, 0.15) is 0 Å². The molecular weight excluding hydrogens is 264 g/mol. The third kappa shape index (κ3) is 5.60. The Balaban J connectivity index is 2.46. The van der Waals surface area contributed by atoms with Gasteiger partial charge >= 0.3 is 11.9 Å². The minimum Gasteiger partial charge on any atom is -0.489 e. The second kappa shape index (κ2) is 8.79. The number of para-hydroxylation sites is 2. The summed E-state index contributed by atoms with van der Waals surface area (Å²) in [6.45, 7) is 0.397. The van der Waals surface area contributed by atoms with Gasteiger partial charge in [-0.1, -0.05) is 12.1 Å². The highest BCUT2D eigenvalue weighted by Gasteiger charge is 2.07. The lowest BCUT2D eigenvalue weighted by molar-refractivity contribution is -0.142. The van der Waals surface area contributed by atoms with E-state index in [1.807, 2.05) is 0 Å². The van der Waals surface area contributed by atoms with Crippen molar-refractivity contribution < 1.29 is 28.5 Å². The summed E-state index contributed by atoms with van der Waals surface area (Å²) in [5.74, 6) is 0.353. The molecule has 0 saturated heterocycles. The van der Waals surface area contributed by atoms with E-state index in [0.29, 0.717) is 11.5 Å². The molecule has 1 rings (SSSR count). The predicted octanol–water partition coefficient (Wildman–Crippen LogP) is 1.57. The number of rotatable bonds is 8. The Kier molecular flexibility index (Phi) is 6.95. The molecule has 0 heterocycles. The third-order valence-electron chi connectivity index (χ3n) is 2.43. The molecule has 20 heavy (non-hydrogen) atoms. The van der Waals surface area contributed by atoms with E-state index >= 15 is 0 Å². The lowest BCUT2D eigenvalue weighted by atomic mass is 10.3. The maximum absolute atomic E-state index is 11.0. The molecule has 0 spiro atoms. The molecule has 0 bridgehead atoms. The largest absolute Gasteiger partial charge is 0.489 e. The van der Waals surface area contributed by atoms with E-state index in [2.05, 4.69) is 9.47 Å². The Bertz CT molecular complexity index is 402. The Morgan fingerprint density at radius 2 is 1.25 bits per heavy atom. The summed E-state index contributed by atoms with van der Waals surface area (Å²) in [7, 11) is 2.65. The normalized spacial score (nSPS) is 9.70. The second-order valence-electron chi connectivity index (χ2n) is 3.80. The smallest absolute Gasteiger partial charge is 0.308 e. The van der Waals surface area contributed by atoms with Crippen molar-refractivity contribution in [2.45, 2.75) is 12.8 Å². The summed E-state index contributed by atoms with van der Waals surface area (Å²) in [5, 5.41) is 0. The van der Waals surface area contributed by atoms with Crippen LogP contribution in [0.1, 0.15) is 12.8 Å². The quantitative estimate of drug-likeness (QED) is 0.674. The number of carbonyl (C=O) groups is 2. The predicted molar refractivity (Wildman–Crippen MR) is 70.7 cm³/mol. The molecule has 0 amide bonds. The SMILES string of the molecule is COC(=O)CCOc1ccccc1OCCC(=O)OC. The standard InChI is InChI=1S/C14H18O6/c1-17-13(15)7-9-19-11-5-3-4-6-12(11)20-10-8-14(16)18-2/h3-6H,7-10H2,1-2H3. The van der Waals surface area contributed by atoms with Crippen LogP contribution in [0.4, 0.5) is 0 Å². The molecule has 1 aromatic carbocycles. The average molecular weight is 282 g/mol. The van der Waals surface area contributed by atoms with Crippen LogP contribution in [0.25, 0.3) is 0 Å². The maximum Gasteiger partial charge on any atom is 0.308 e. The number of ether oxygens (including phenoxy) is 4. The van der Waals surface area contributed by atoms with Crippen molar-refractivity contribution in [1.29, 1.82) is 0 Å². The van der Waals surface area contributed by atoms with E-state index in [-0.39, 0.29) is 38.0 Å². The summed E-state index contributed by atoms with van der Waals surface area (Å²) in [5.41, 5.74) is 0. The van der Waals surface area contributed by atoms with E-state index in [1.54, 1.807) is 24.3 Å². The first kappa shape index (κ1) is 15.8. The summed E-state index contributed by atoms with van der Waals surface area (Å²) in [6, 6.07) is 7.04. The van der Waals surface area contributed by atoms with Gasteiger partial charge in [-0.2, -0.15) is 0 Å². The zero-order valence-corrected chi connectivity index (χ0v) is 11.6. The molecular formula is C14H18O6. The van der Waals surface area contributed by atoms with Gasteiger partial charge in [-0.05, 0) is 12.1 Å². The zero-order valence-electron chi connectivity index (χ0n) is 11.6. The summed E-state index contributed by atoms with van der Waals surface area (Å²) >= 11 is 0. The van der Waals surface area contributed by atoms with E-state index in [9.17, 15) is 9.59 Å². The highest BCUT2D eigenvalue weighted by molar-refractivity contribution is 5.69. The molecule has 0 saturated carbocycles. The van der Waals surface area contributed by atoms with Crippen molar-refractivity contribution in [2.75, 3.05) is 27.4 Å². The van der Waals surface area contributed by atoms with Crippen LogP contribution in [0, 0.1) is 0 Å². The molecule has 6 heteroatoms. The van der Waals surface area contributed by atoms with Crippen LogP contribution in [0.15, 0.2) is 24.3 Å². The van der Waals surface area contributed by atoms with E-state index in [1.165, 1.54) is 14.2 Å². The fourth-order valence-corrected chi connectivity index (χ4v) is 1.38. The molecule has 0 unspecified atom stereocenters. The summed E-state index contributed by atoms with van der Waals surface area (Å²) in [4.78, 5) is 22.0. The lowest BCUT2D eigenvalue weighted by Gasteiger charge is -2.11. The lowest BCUT2D eigenvalue weighted by Crippen LogP contribution is -2.10. The van der Waals surface area contributed by atoms with Gasteiger partial charge in [0.2, 0.25) is 0 Å². The van der Waals surface area contributed by atoms with Gasteiger partial charge in [-0.15, -0.1) is 0 Å². The van der Waals surface area contributed by atoms with Gasteiger partial charge in [0.15, 0.2) is 11.5 Å². The molecule has 0 fully saturated rings. The molecule has 0 radical (unpaired) electrons. The number of methoxy groups -OCH3 is 2. The molecule has 1 aromatic rings. The summed E-state index contributed by atoms with van der Waals surface area (Å²) < 4.78 is 19.9. The van der Waals surface area contributed by atoms with Gasteiger partial charge in [0, 0.05) is 0 Å². The number of hydrogen-bond donors (Lipinski definition) is 0. The Morgan fingerprint density at radius 3 is 1.60 bits per heavy atom. The first-order valence-electron chi connectivity index (χ1n) is 6.15. The molecule has 0 N–H and O–H groups in total. The molecule has 0 atom stereocenters. The highest BCUT2D eigenvalue weighted by Crippen LogP contribution is 2.26. The van der Waals surface area contributed by atoms with Gasteiger partial charge < -0.3 is 18.9 Å². The molecule has 6 nitrogen and oxygen atoms in total. The van der Waals surface area contributed by atoms with Gasteiger partial charge in [-0.3, -0.25) is 9.59 Å². The van der Waals surface area contributed by atoms with Crippen LogP contribution in [-0.4, -0.2) is 39.4 Å². The average Bonchev–Trinajstić information content (AvgIpc) is 2.48. The first-order valence-corrected chi connectivity index (χ1v) is 6.15. The van der Waals surface area contributed by atoms with Gasteiger partial charge in [0.25, 0.3) is 0 Å². The second-order valence-corrected chi connectivity index (χ2v) is 3.80. The van der Waals surface area contributed by atoms with Crippen LogP contribution in [0.2, 0.25) is 0 Å². The van der Waals surface area contributed by atoms with Crippen molar-refractivity contribution in [3.8, 4) is 11.5 Å². The van der Waals surface area contributed by atoms with Crippen LogP contribution in [0.3, 0.4) is 0 Å². The minimum absolute atomic E-state index is 0.160. The number of benzene rings is 1. The third-order valence-corrected chi connectivity index (χ3v) is 2.43. The number of hydrogen-bond acceptors (Lipinski definition) is 6. The monoisotopic (exact) mass is 282 g/mol. The van der Waals surface area contributed by atoms with E-state index in [0.717, 1.165) is 0 Å². The molecule has 110 valence electrons. The van der Waals surface area contributed by atoms with Gasteiger partial charge in [0.05, 0.1) is 40.3 Å². The maximum atomic E-state index is 11.0. The van der Waals surface area contributed by atoms with Crippen LogP contribution in [-0.2, 0) is 19.1 Å². The Morgan fingerprint density at radius 1 is 0.850 bits per heavy atom. The van der Waals surface area contributed by atoms with Crippen molar-refractivity contribution >= 4 is 11.9 Å². The van der Waals surface area contributed by atoms with Crippen molar-refractivity contribution in [3.05, 3.63) is 24.3 Å². The molecule has 0 aliphatic heterocycles. The van der Waals surface area contributed by atoms with Crippen molar-refractivity contribution in [3.63, 3.8) is 0 Å².